The highest BCUT2D eigenvalue weighted by Gasteiger charge is 2.11. The molecule has 4 N–H and O–H groups in total. The van der Waals surface area contributed by atoms with Crippen molar-refractivity contribution in [3.63, 3.8) is 0 Å². The van der Waals surface area contributed by atoms with Crippen LogP contribution in [-0.2, 0) is 0 Å². The normalized spacial score (nSPS) is 10.7. The predicted octanol–water partition coefficient (Wildman–Crippen LogP) is 3.80. The summed E-state index contributed by atoms with van der Waals surface area (Å²) in [5.41, 5.74) is 9.47. The second kappa shape index (κ2) is 6.64. The van der Waals surface area contributed by atoms with Gasteiger partial charge in [0.15, 0.2) is 11.6 Å². The Labute approximate surface area is 150 Å². The van der Waals surface area contributed by atoms with Crippen molar-refractivity contribution in [2.24, 2.45) is 0 Å². The van der Waals surface area contributed by atoms with E-state index in [1.54, 1.807) is 12.4 Å². The first-order valence-electron chi connectivity index (χ1n) is 8.12. The quantitative estimate of drug-likeness (QED) is 0.518. The lowest BCUT2D eigenvalue weighted by Gasteiger charge is -2.14. The SMILES string of the molecule is Cc1cccnc1Nc1ncnc(Nc2cccc3ncccc23)c1N. The number of nitrogens with two attached hydrogens (primary N) is 1. The maximum atomic E-state index is 6.28. The Bertz CT molecular complexity index is 1070. The maximum absolute atomic E-state index is 6.28. The second-order valence-electron chi connectivity index (χ2n) is 5.78. The monoisotopic (exact) mass is 343 g/mol. The summed E-state index contributed by atoms with van der Waals surface area (Å²) in [6.07, 6.45) is 4.94. The summed E-state index contributed by atoms with van der Waals surface area (Å²) in [6, 6.07) is 13.6. The first-order valence-corrected chi connectivity index (χ1v) is 8.12. The van der Waals surface area contributed by atoms with Crippen LogP contribution in [0.1, 0.15) is 5.56 Å². The molecule has 4 aromatic rings. The molecule has 0 atom stereocenters. The van der Waals surface area contributed by atoms with Crippen LogP contribution in [0.3, 0.4) is 0 Å². The largest absolute Gasteiger partial charge is 0.393 e. The Kier molecular flexibility index (Phi) is 4.03. The third-order valence-electron chi connectivity index (χ3n) is 4.03. The predicted molar refractivity (Wildman–Crippen MR) is 104 cm³/mol. The van der Waals surface area contributed by atoms with Gasteiger partial charge in [-0.2, -0.15) is 0 Å². The van der Waals surface area contributed by atoms with Crippen molar-refractivity contribution >= 4 is 39.7 Å². The van der Waals surface area contributed by atoms with E-state index in [0.717, 1.165) is 22.2 Å². The van der Waals surface area contributed by atoms with Crippen LogP contribution in [0.15, 0.2) is 61.2 Å². The van der Waals surface area contributed by atoms with Crippen molar-refractivity contribution in [1.82, 2.24) is 19.9 Å². The van der Waals surface area contributed by atoms with Crippen molar-refractivity contribution in [3.8, 4) is 0 Å². The smallest absolute Gasteiger partial charge is 0.160 e. The van der Waals surface area contributed by atoms with Crippen LogP contribution >= 0.6 is 0 Å². The zero-order valence-corrected chi connectivity index (χ0v) is 14.1. The van der Waals surface area contributed by atoms with Crippen LogP contribution in [0.25, 0.3) is 10.9 Å². The summed E-state index contributed by atoms with van der Waals surface area (Å²) in [6.45, 7) is 1.97. The highest BCUT2D eigenvalue weighted by Crippen LogP contribution is 2.30. The number of nitrogen functional groups attached to an aromatic ring is 1. The minimum Gasteiger partial charge on any atom is -0.393 e. The van der Waals surface area contributed by atoms with Crippen molar-refractivity contribution in [3.05, 3.63) is 66.7 Å². The lowest BCUT2D eigenvalue weighted by atomic mass is 10.2. The van der Waals surface area contributed by atoms with Gasteiger partial charge in [0.05, 0.1) is 5.52 Å². The molecule has 1 aromatic carbocycles. The number of pyridine rings is 2. The van der Waals surface area contributed by atoms with Gasteiger partial charge in [0.25, 0.3) is 0 Å². The number of hydrogen-bond donors (Lipinski definition) is 3. The van der Waals surface area contributed by atoms with E-state index in [2.05, 4.69) is 30.6 Å². The molecule has 0 saturated heterocycles. The number of hydrogen-bond acceptors (Lipinski definition) is 7. The summed E-state index contributed by atoms with van der Waals surface area (Å²) in [5.74, 6) is 1.73. The highest BCUT2D eigenvalue weighted by molar-refractivity contribution is 5.94. The van der Waals surface area contributed by atoms with Crippen LogP contribution in [0.2, 0.25) is 0 Å². The number of benzene rings is 1. The zero-order chi connectivity index (χ0) is 17.9. The van der Waals surface area contributed by atoms with Gasteiger partial charge in [-0.05, 0) is 42.8 Å². The molecule has 0 aliphatic rings. The molecule has 0 amide bonds. The summed E-state index contributed by atoms with van der Waals surface area (Å²) >= 11 is 0. The Hall–Kier alpha value is -3.74. The first-order chi connectivity index (χ1) is 12.7. The van der Waals surface area contributed by atoms with E-state index < -0.39 is 0 Å². The van der Waals surface area contributed by atoms with E-state index in [1.807, 2.05) is 49.4 Å². The number of fused-ring (bicyclic) bond motifs is 1. The molecular weight excluding hydrogens is 326 g/mol. The van der Waals surface area contributed by atoms with E-state index in [9.17, 15) is 0 Å². The minimum atomic E-state index is 0.415. The first kappa shape index (κ1) is 15.8. The molecule has 0 spiro atoms. The van der Waals surface area contributed by atoms with E-state index in [4.69, 9.17) is 5.73 Å². The second-order valence-corrected chi connectivity index (χ2v) is 5.78. The van der Waals surface area contributed by atoms with Gasteiger partial charge in [0.1, 0.15) is 17.8 Å². The Morgan fingerprint density at radius 2 is 1.54 bits per heavy atom. The molecule has 0 unspecified atom stereocenters. The molecule has 4 rings (SSSR count). The maximum Gasteiger partial charge on any atom is 0.160 e. The average Bonchev–Trinajstić information content (AvgIpc) is 2.67. The molecule has 128 valence electrons. The van der Waals surface area contributed by atoms with Gasteiger partial charge in [0.2, 0.25) is 0 Å². The van der Waals surface area contributed by atoms with Gasteiger partial charge in [-0.3, -0.25) is 4.98 Å². The molecule has 3 aromatic heterocycles. The number of nitrogens with one attached hydrogen (secondary N) is 2. The molecular formula is C19H17N7. The van der Waals surface area contributed by atoms with Gasteiger partial charge in [0, 0.05) is 23.5 Å². The fraction of sp³-hybridized carbons (Fsp3) is 0.0526. The summed E-state index contributed by atoms with van der Waals surface area (Å²) in [5, 5.41) is 7.43. The molecule has 0 bridgehead atoms. The Morgan fingerprint density at radius 1 is 0.769 bits per heavy atom. The molecule has 7 heteroatoms. The summed E-state index contributed by atoms with van der Waals surface area (Å²) in [7, 11) is 0. The third kappa shape index (κ3) is 2.98. The zero-order valence-electron chi connectivity index (χ0n) is 14.1. The van der Waals surface area contributed by atoms with E-state index >= 15 is 0 Å². The fourth-order valence-electron chi connectivity index (χ4n) is 2.66. The molecule has 0 aliphatic carbocycles. The Morgan fingerprint density at radius 3 is 2.38 bits per heavy atom. The van der Waals surface area contributed by atoms with Crippen LogP contribution < -0.4 is 16.4 Å². The molecule has 0 aliphatic heterocycles. The Balaban J connectivity index is 1.69. The van der Waals surface area contributed by atoms with Gasteiger partial charge in [-0.15, -0.1) is 0 Å². The van der Waals surface area contributed by atoms with Gasteiger partial charge >= 0.3 is 0 Å². The molecule has 0 radical (unpaired) electrons. The van der Waals surface area contributed by atoms with Crippen molar-refractivity contribution in [2.75, 3.05) is 16.4 Å². The van der Waals surface area contributed by atoms with Crippen LogP contribution in [0.4, 0.5) is 28.8 Å². The number of anilines is 5. The number of rotatable bonds is 4. The van der Waals surface area contributed by atoms with Crippen LogP contribution in [0, 0.1) is 6.92 Å². The highest BCUT2D eigenvalue weighted by atomic mass is 15.1. The van der Waals surface area contributed by atoms with E-state index in [-0.39, 0.29) is 0 Å². The number of aromatic nitrogens is 4. The molecule has 26 heavy (non-hydrogen) atoms. The topological polar surface area (TPSA) is 102 Å². The summed E-state index contributed by atoms with van der Waals surface area (Å²) < 4.78 is 0. The molecule has 7 nitrogen and oxygen atoms in total. The summed E-state index contributed by atoms with van der Waals surface area (Å²) in [4.78, 5) is 17.2. The lowest BCUT2D eigenvalue weighted by Crippen LogP contribution is -2.06. The molecule has 0 saturated carbocycles. The standard InChI is InChI=1S/C19H17N7/c1-12-5-3-10-22-17(12)26-19-16(20)18(23-11-24-19)25-15-8-2-7-14-13(15)6-4-9-21-14/h2-11H,20H2,1H3,(H2,22,23,24,25,26). The van der Waals surface area contributed by atoms with Gasteiger partial charge in [-0.1, -0.05) is 12.1 Å². The molecule has 3 heterocycles. The molecule has 0 fully saturated rings. The number of nitrogens with zero attached hydrogens (tertiary/aromatic N) is 4. The number of aryl methyl sites for hydroxylation is 1. The van der Waals surface area contributed by atoms with Crippen molar-refractivity contribution in [2.45, 2.75) is 6.92 Å². The van der Waals surface area contributed by atoms with Crippen molar-refractivity contribution in [1.29, 1.82) is 0 Å². The van der Waals surface area contributed by atoms with Crippen LogP contribution in [0.5, 0.6) is 0 Å². The third-order valence-corrected chi connectivity index (χ3v) is 4.03. The van der Waals surface area contributed by atoms with Gasteiger partial charge in [-0.25, -0.2) is 15.0 Å². The fourth-order valence-corrected chi connectivity index (χ4v) is 2.66. The van der Waals surface area contributed by atoms with Crippen LogP contribution in [-0.4, -0.2) is 19.9 Å². The van der Waals surface area contributed by atoms with Crippen molar-refractivity contribution < 1.29 is 0 Å². The van der Waals surface area contributed by atoms with E-state index in [0.29, 0.717) is 23.1 Å². The van der Waals surface area contributed by atoms with Gasteiger partial charge < -0.3 is 16.4 Å². The lowest BCUT2D eigenvalue weighted by molar-refractivity contribution is 1.15. The average molecular weight is 343 g/mol. The minimum absolute atomic E-state index is 0.415. The van der Waals surface area contributed by atoms with E-state index in [1.165, 1.54) is 6.33 Å².